The topological polar surface area (TPSA) is 3.24 Å². The Labute approximate surface area is 74.1 Å². The molecule has 2 aliphatic rings. The molecule has 0 amide bonds. The molecule has 1 heterocycles. The SMILES string of the molecule is CC(C)N1C=CC2C=CC=CC21. The van der Waals surface area contributed by atoms with Crippen LogP contribution in [-0.2, 0) is 0 Å². The van der Waals surface area contributed by atoms with E-state index in [0.717, 1.165) is 0 Å². The number of hydrogen-bond donors (Lipinski definition) is 0. The summed E-state index contributed by atoms with van der Waals surface area (Å²) in [5.41, 5.74) is 0. The maximum absolute atomic E-state index is 2.41. The largest absolute Gasteiger partial charge is 0.368 e. The summed E-state index contributed by atoms with van der Waals surface area (Å²) >= 11 is 0. The van der Waals surface area contributed by atoms with E-state index in [2.05, 4.69) is 55.3 Å². The van der Waals surface area contributed by atoms with Crippen molar-refractivity contribution < 1.29 is 0 Å². The van der Waals surface area contributed by atoms with E-state index in [-0.39, 0.29) is 0 Å². The summed E-state index contributed by atoms with van der Waals surface area (Å²) in [4.78, 5) is 2.41. The van der Waals surface area contributed by atoms with Gasteiger partial charge >= 0.3 is 0 Å². The average Bonchev–Trinajstić information content (AvgIpc) is 2.47. The molecule has 2 unspecified atom stereocenters. The zero-order valence-electron chi connectivity index (χ0n) is 7.64. The van der Waals surface area contributed by atoms with Gasteiger partial charge in [0.1, 0.15) is 0 Å². The van der Waals surface area contributed by atoms with Gasteiger partial charge in [-0.25, -0.2) is 0 Å². The molecule has 12 heavy (non-hydrogen) atoms. The third kappa shape index (κ3) is 1.09. The van der Waals surface area contributed by atoms with Crippen LogP contribution in [0.1, 0.15) is 13.8 Å². The fourth-order valence-electron chi connectivity index (χ4n) is 1.90. The molecule has 0 aromatic heterocycles. The first-order valence-corrected chi connectivity index (χ1v) is 4.60. The van der Waals surface area contributed by atoms with Gasteiger partial charge in [-0.15, -0.1) is 0 Å². The summed E-state index contributed by atoms with van der Waals surface area (Å²) < 4.78 is 0. The Balaban J connectivity index is 2.18. The lowest BCUT2D eigenvalue weighted by Gasteiger charge is -2.30. The average molecular weight is 161 g/mol. The molecule has 0 saturated carbocycles. The van der Waals surface area contributed by atoms with Crippen molar-refractivity contribution in [2.75, 3.05) is 0 Å². The van der Waals surface area contributed by atoms with Crippen LogP contribution >= 0.6 is 0 Å². The highest BCUT2D eigenvalue weighted by Crippen LogP contribution is 2.27. The van der Waals surface area contributed by atoms with Crippen LogP contribution in [0.2, 0.25) is 0 Å². The summed E-state index contributed by atoms with van der Waals surface area (Å²) in [6.45, 7) is 4.47. The lowest BCUT2D eigenvalue weighted by Crippen LogP contribution is -2.35. The number of fused-ring (bicyclic) bond motifs is 1. The Morgan fingerprint density at radius 3 is 2.58 bits per heavy atom. The summed E-state index contributed by atoms with van der Waals surface area (Å²) in [6, 6.07) is 1.18. The second-order valence-electron chi connectivity index (χ2n) is 3.72. The molecular weight excluding hydrogens is 146 g/mol. The van der Waals surface area contributed by atoms with Crippen molar-refractivity contribution in [3.63, 3.8) is 0 Å². The molecule has 1 aliphatic heterocycles. The fourth-order valence-corrected chi connectivity index (χ4v) is 1.90. The van der Waals surface area contributed by atoms with Gasteiger partial charge in [0, 0.05) is 12.0 Å². The minimum Gasteiger partial charge on any atom is -0.368 e. The zero-order chi connectivity index (χ0) is 8.55. The molecule has 0 N–H and O–H groups in total. The quantitative estimate of drug-likeness (QED) is 0.570. The molecule has 0 aromatic rings. The standard InChI is InChI=1S/C11H15N/c1-9(2)12-8-7-10-5-3-4-6-11(10)12/h3-11H,1-2H3. The smallest absolute Gasteiger partial charge is 0.0571 e. The van der Waals surface area contributed by atoms with E-state index >= 15 is 0 Å². The molecule has 0 aromatic carbocycles. The van der Waals surface area contributed by atoms with Crippen molar-refractivity contribution in [1.82, 2.24) is 4.90 Å². The Morgan fingerprint density at radius 2 is 1.83 bits per heavy atom. The molecule has 0 saturated heterocycles. The van der Waals surface area contributed by atoms with Crippen LogP contribution in [0.25, 0.3) is 0 Å². The Hall–Kier alpha value is -0.980. The first kappa shape index (κ1) is 7.66. The molecule has 0 spiro atoms. The molecule has 0 bridgehead atoms. The molecule has 1 aliphatic carbocycles. The molecule has 0 fully saturated rings. The van der Waals surface area contributed by atoms with Gasteiger partial charge in [-0.1, -0.05) is 30.4 Å². The van der Waals surface area contributed by atoms with E-state index in [1.807, 2.05) is 0 Å². The van der Waals surface area contributed by atoms with E-state index < -0.39 is 0 Å². The van der Waals surface area contributed by atoms with Crippen molar-refractivity contribution >= 4 is 0 Å². The first-order chi connectivity index (χ1) is 5.79. The molecule has 1 nitrogen and oxygen atoms in total. The van der Waals surface area contributed by atoms with Gasteiger partial charge in [0.2, 0.25) is 0 Å². The summed E-state index contributed by atoms with van der Waals surface area (Å²) in [5.74, 6) is 0.609. The van der Waals surface area contributed by atoms with Crippen LogP contribution in [0.3, 0.4) is 0 Å². The zero-order valence-corrected chi connectivity index (χ0v) is 7.64. The summed E-state index contributed by atoms with van der Waals surface area (Å²) in [5, 5.41) is 0. The van der Waals surface area contributed by atoms with Crippen LogP contribution in [0.5, 0.6) is 0 Å². The molecule has 2 rings (SSSR count). The van der Waals surface area contributed by atoms with Gasteiger partial charge in [0.25, 0.3) is 0 Å². The van der Waals surface area contributed by atoms with E-state index in [0.29, 0.717) is 18.0 Å². The molecule has 64 valence electrons. The van der Waals surface area contributed by atoms with Crippen molar-refractivity contribution in [3.8, 4) is 0 Å². The first-order valence-electron chi connectivity index (χ1n) is 4.60. The third-order valence-corrected chi connectivity index (χ3v) is 2.57. The monoisotopic (exact) mass is 161 g/mol. The van der Waals surface area contributed by atoms with Gasteiger partial charge < -0.3 is 4.90 Å². The van der Waals surface area contributed by atoms with Crippen LogP contribution in [-0.4, -0.2) is 17.0 Å². The van der Waals surface area contributed by atoms with E-state index in [4.69, 9.17) is 0 Å². The highest BCUT2D eigenvalue weighted by molar-refractivity contribution is 5.26. The number of rotatable bonds is 1. The predicted octanol–water partition coefficient (Wildman–Crippen LogP) is 2.33. The van der Waals surface area contributed by atoms with Crippen LogP contribution in [0, 0.1) is 5.92 Å². The molecule has 2 atom stereocenters. The minimum atomic E-state index is 0.579. The van der Waals surface area contributed by atoms with Gasteiger partial charge in [-0.2, -0.15) is 0 Å². The van der Waals surface area contributed by atoms with E-state index in [1.54, 1.807) is 0 Å². The molecular formula is C11H15N. The lowest BCUT2D eigenvalue weighted by atomic mass is 9.97. The van der Waals surface area contributed by atoms with Crippen molar-refractivity contribution in [1.29, 1.82) is 0 Å². The molecule has 1 heteroatoms. The highest BCUT2D eigenvalue weighted by atomic mass is 15.2. The number of nitrogens with zero attached hydrogens (tertiary/aromatic N) is 1. The number of allylic oxidation sites excluding steroid dienone is 2. The summed E-state index contributed by atoms with van der Waals surface area (Å²) in [7, 11) is 0. The van der Waals surface area contributed by atoms with Gasteiger partial charge in [-0.05, 0) is 20.0 Å². The highest BCUT2D eigenvalue weighted by Gasteiger charge is 2.27. The minimum absolute atomic E-state index is 0.579. The second kappa shape index (κ2) is 2.81. The van der Waals surface area contributed by atoms with E-state index in [1.165, 1.54) is 0 Å². The van der Waals surface area contributed by atoms with Crippen LogP contribution in [0.4, 0.5) is 0 Å². The normalized spacial score (nSPS) is 31.8. The van der Waals surface area contributed by atoms with Crippen LogP contribution in [0.15, 0.2) is 36.6 Å². The van der Waals surface area contributed by atoms with Gasteiger partial charge in [0.05, 0.1) is 6.04 Å². The summed E-state index contributed by atoms with van der Waals surface area (Å²) in [6.07, 6.45) is 13.3. The van der Waals surface area contributed by atoms with E-state index in [9.17, 15) is 0 Å². The third-order valence-electron chi connectivity index (χ3n) is 2.57. The van der Waals surface area contributed by atoms with Crippen LogP contribution < -0.4 is 0 Å². The Bertz CT molecular complexity index is 248. The van der Waals surface area contributed by atoms with Gasteiger partial charge in [-0.3, -0.25) is 0 Å². The lowest BCUT2D eigenvalue weighted by molar-refractivity contribution is 0.264. The fraction of sp³-hybridized carbons (Fsp3) is 0.455. The Morgan fingerprint density at radius 1 is 1.08 bits per heavy atom. The number of hydrogen-bond acceptors (Lipinski definition) is 1. The van der Waals surface area contributed by atoms with Crippen molar-refractivity contribution in [2.24, 2.45) is 5.92 Å². The maximum atomic E-state index is 2.41. The van der Waals surface area contributed by atoms with Crippen molar-refractivity contribution in [2.45, 2.75) is 25.9 Å². The van der Waals surface area contributed by atoms with Gasteiger partial charge in [0.15, 0.2) is 0 Å². The molecule has 0 radical (unpaired) electrons. The second-order valence-corrected chi connectivity index (χ2v) is 3.72. The van der Waals surface area contributed by atoms with Crippen molar-refractivity contribution in [3.05, 3.63) is 36.6 Å². The Kier molecular flexibility index (Phi) is 1.80. The maximum Gasteiger partial charge on any atom is 0.0571 e. The predicted molar refractivity (Wildman–Crippen MR) is 51.7 cm³/mol.